The Morgan fingerprint density at radius 3 is 2.60 bits per heavy atom. The highest BCUT2D eigenvalue weighted by molar-refractivity contribution is 5.80. The Labute approximate surface area is 121 Å². The van der Waals surface area contributed by atoms with E-state index in [9.17, 15) is 4.79 Å². The molecule has 0 saturated carbocycles. The van der Waals surface area contributed by atoms with E-state index < -0.39 is 0 Å². The van der Waals surface area contributed by atoms with Crippen LogP contribution in [0.25, 0.3) is 0 Å². The topological polar surface area (TPSA) is 41.1 Å². The summed E-state index contributed by atoms with van der Waals surface area (Å²) in [6.45, 7) is 1.94. The van der Waals surface area contributed by atoms with Gasteiger partial charge < -0.3 is 10.6 Å². The number of piperidine rings is 1. The number of fused-ring (bicyclic) bond motifs is 1. The molecule has 0 aromatic heterocycles. The molecule has 1 aliphatic carbocycles. The number of hydrogen-bond donors (Lipinski definition) is 2. The molecule has 1 aliphatic heterocycles. The van der Waals surface area contributed by atoms with Crippen LogP contribution in [0.2, 0.25) is 0 Å². The number of rotatable bonds is 4. The van der Waals surface area contributed by atoms with Crippen molar-refractivity contribution in [3.63, 3.8) is 0 Å². The average molecular weight is 272 g/mol. The van der Waals surface area contributed by atoms with E-state index >= 15 is 0 Å². The first kappa shape index (κ1) is 13.6. The van der Waals surface area contributed by atoms with Crippen LogP contribution < -0.4 is 10.6 Å². The van der Waals surface area contributed by atoms with E-state index in [1.807, 2.05) is 0 Å². The molecule has 0 bridgehead atoms. The van der Waals surface area contributed by atoms with Gasteiger partial charge in [0.1, 0.15) is 0 Å². The van der Waals surface area contributed by atoms with Gasteiger partial charge in [-0.15, -0.1) is 0 Å². The molecule has 1 amide bonds. The molecule has 3 rings (SSSR count). The predicted molar refractivity (Wildman–Crippen MR) is 80.6 cm³/mol. The van der Waals surface area contributed by atoms with Gasteiger partial charge in [-0.2, -0.15) is 0 Å². The normalized spacial score (nSPS) is 22.5. The lowest BCUT2D eigenvalue weighted by Gasteiger charge is -2.23. The van der Waals surface area contributed by atoms with Crippen LogP contribution in [0.3, 0.4) is 0 Å². The van der Waals surface area contributed by atoms with Crippen LogP contribution in [-0.4, -0.2) is 25.0 Å². The van der Waals surface area contributed by atoms with E-state index in [-0.39, 0.29) is 11.8 Å². The monoisotopic (exact) mass is 272 g/mol. The maximum atomic E-state index is 12.2. The standard InChI is InChI=1S/C17H24N2O/c20-17(19-10-8-16-7-3-4-9-18-16)15-11-13-5-1-2-6-14(13)12-15/h1-2,5-6,15-16,18H,3-4,7-12H2,(H,19,20)/t16-/m1/s1. The van der Waals surface area contributed by atoms with Crippen molar-refractivity contribution in [3.05, 3.63) is 35.4 Å². The van der Waals surface area contributed by atoms with Gasteiger partial charge in [-0.05, 0) is 49.8 Å². The Morgan fingerprint density at radius 1 is 1.20 bits per heavy atom. The zero-order valence-corrected chi connectivity index (χ0v) is 12.0. The summed E-state index contributed by atoms with van der Waals surface area (Å²) < 4.78 is 0. The zero-order valence-electron chi connectivity index (χ0n) is 12.0. The van der Waals surface area contributed by atoms with Crippen molar-refractivity contribution in [1.29, 1.82) is 0 Å². The van der Waals surface area contributed by atoms with Gasteiger partial charge in [0, 0.05) is 18.5 Å². The third-order valence-electron chi connectivity index (χ3n) is 4.63. The molecule has 3 nitrogen and oxygen atoms in total. The van der Waals surface area contributed by atoms with Gasteiger partial charge in [-0.3, -0.25) is 4.79 Å². The van der Waals surface area contributed by atoms with Crippen LogP contribution in [0.15, 0.2) is 24.3 Å². The van der Waals surface area contributed by atoms with Gasteiger partial charge in [0.05, 0.1) is 0 Å². The molecule has 1 aromatic rings. The molecule has 0 unspecified atom stereocenters. The Hall–Kier alpha value is -1.35. The minimum absolute atomic E-state index is 0.145. The van der Waals surface area contributed by atoms with E-state index in [2.05, 4.69) is 34.9 Å². The Kier molecular flexibility index (Phi) is 4.36. The fraction of sp³-hybridized carbons (Fsp3) is 0.588. The number of amides is 1. The van der Waals surface area contributed by atoms with E-state index in [1.54, 1.807) is 0 Å². The van der Waals surface area contributed by atoms with E-state index in [4.69, 9.17) is 0 Å². The zero-order chi connectivity index (χ0) is 13.8. The number of hydrogen-bond acceptors (Lipinski definition) is 2. The van der Waals surface area contributed by atoms with E-state index in [0.717, 1.165) is 32.4 Å². The van der Waals surface area contributed by atoms with Crippen LogP contribution >= 0.6 is 0 Å². The molecule has 1 saturated heterocycles. The van der Waals surface area contributed by atoms with Crippen LogP contribution in [0.4, 0.5) is 0 Å². The van der Waals surface area contributed by atoms with E-state index in [1.165, 1.54) is 30.4 Å². The summed E-state index contributed by atoms with van der Waals surface area (Å²) in [5.41, 5.74) is 2.70. The highest BCUT2D eigenvalue weighted by atomic mass is 16.1. The molecular weight excluding hydrogens is 248 g/mol. The largest absolute Gasteiger partial charge is 0.356 e. The first-order chi connectivity index (χ1) is 9.83. The molecule has 2 aliphatic rings. The Bertz CT molecular complexity index is 441. The fourth-order valence-corrected chi connectivity index (χ4v) is 3.43. The lowest BCUT2D eigenvalue weighted by Crippen LogP contribution is -2.38. The van der Waals surface area contributed by atoms with Crippen molar-refractivity contribution in [2.45, 2.75) is 44.6 Å². The second-order valence-corrected chi connectivity index (χ2v) is 6.10. The lowest BCUT2D eigenvalue weighted by atomic mass is 10.0. The quantitative estimate of drug-likeness (QED) is 0.881. The Balaban J connectivity index is 1.42. The molecule has 0 radical (unpaired) electrons. The van der Waals surface area contributed by atoms with Gasteiger partial charge in [0.2, 0.25) is 5.91 Å². The first-order valence-electron chi connectivity index (χ1n) is 7.91. The minimum Gasteiger partial charge on any atom is -0.356 e. The van der Waals surface area contributed by atoms with Crippen molar-refractivity contribution in [2.24, 2.45) is 5.92 Å². The van der Waals surface area contributed by atoms with Crippen molar-refractivity contribution >= 4 is 5.91 Å². The third-order valence-corrected chi connectivity index (χ3v) is 4.63. The van der Waals surface area contributed by atoms with Crippen molar-refractivity contribution in [2.75, 3.05) is 13.1 Å². The lowest BCUT2D eigenvalue weighted by molar-refractivity contribution is -0.124. The van der Waals surface area contributed by atoms with Gasteiger partial charge in [-0.25, -0.2) is 0 Å². The molecule has 2 N–H and O–H groups in total. The number of carbonyl (C=O) groups excluding carboxylic acids is 1. The van der Waals surface area contributed by atoms with Crippen LogP contribution in [0.1, 0.15) is 36.8 Å². The molecular formula is C17H24N2O. The molecule has 1 atom stereocenters. The molecule has 0 spiro atoms. The summed E-state index contributed by atoms with van der Waals surface area (Å²) >= 11 is 0. The molecule has 1 aromatic carbocycles. The smallest absolute Gasteiger partial charge is 0.223 e. The molecule has 108 valence electrons. The summed E-state index contributed by atoms with van der Waals surface area (Å²) in [6, 6.07) is 9.02. The maximum absolute atomic E-state index is 12.2. The van der Waals surface area contributed by atoms with Gasteiger partial charge in [0.25, 0.3) is 0 Å². The Morgan fingerprint density at radius 2 is 1.95 bits per heavy atom. The summed E-state index contributed by atoms with van der Waals surface area (Å²) in [4.78, 5) is 12.2. The van der Waals surface area contributed by atoms with Crippen molar-refractivity contribution in [1.82, 2.24) is 10.6 Å². The summed E-state index contributed by atoms with van der Waals surface area (Å²) in [7, 11) is 0. The minimum atomic E-state index is 0.145. The van der Waals surface area contributed by atoms with Crippen LogP contribution in [0, 0.1) is 5.92 Å². The predicted octanol–water partition coefficient (Wildman–Crippen LogP) is 2.05. The number of benzene rings is 1. The van der Waals surface area contributed by atoms with Gasteiger partial charge in [0.15, 0.2) is 0 Å². The summed E-state index contributed by atoms with van der Waals surface area (Å²) in [5.74, 6) is 0.378. The molecule has 1 fully saturated rings. The summed E-state index contributed by atoms with van der Waals surface area (Å²) in [5, 5.41) is 6.65. The first-order valence-corrected chi connectivity index (χ1v) is 7.91. The van der Waals surface area contributed by atoms with Gasteiger partial charge >= 0.3 is 0 Å². The van der Waals surface area contributed by atoms with Crippen LogP contribution in [0.5, 0.6) is 0 Å². The second-order valence-electron chi connectivity index (χ2n) is 6.10. The molecule has 1 heterocycles. The number of nitrogens with one attached hydrogen (secondary N) is 2. The highest BCUT2D eigenvalue weighted by Gasteiger charge is 2.26. The highest BCUT2D eigenvalue weighted by Crippen LogP contribution is 2.26. The van der Waals surface area contributed by atoms with Crippen LogP contribution in [-0.2, 0) is 17.6 Å². The summed E-state index contributed by atoms with van der Waals surface area (Å²) in [6.07, 6.45) is 6.75. The third kappa shape index (κ3) is 3.21. The van der Waals surface area contributed by atoms with E-state index in [0.29, 0.717) is 6.04 Å². The number of carbonyl (C=O) groups is 1. The van der Waals surface area contributed by atoms with Crippen molar-refractivity contribution in [3.8, 4) is 0 Å². The second kappa shape index (κ2) is 6.40. The molecule has 20 heavy (non-hydrogen) atoms. The fourth-order valence-electron chi connectivity index (χ4n) is 3.43. The van der Waals surface area contributed by atoms with Crippen molar-refractivity contribution < 1.29 is 4.79 Å². The average Bonchev–Trinajstić information content (AvgIpc) is 2.92. The SMILES string of the molecule is O=C(NCC[C@H]1CCCCN1)C1Cc2ccccc2C1. The molecule has 3 heteroatoms. The van der Waals surface area contributed by atoms with Gasteiger partial charge in [-0.1, -0.05) is 30.7 Å². The maximum Gasteiger partial charge on any atom is 0.223 e.